The van der Waals surface area contributed by atoms with E-state index in [0.29, 0.717) is 31.0 Å². The minimum atomic E-state index is -1.37. The molecule has 2 saturated heterocycles. The number of hydrogen-bond donors (Lipinski definition) is 4. The van der Waals surface area contributed by atoms with E-state index in [9.17, 15) is 15.0 Å². The molecule has 5 heterocycles. The van der Waals surface area contributed by atoms with E-state index < -0.39 is 30.4 Å². The molecule has 2 aromatic carbocycles. The SMILES string of the molecule is CCn1nnc([C@H]2O[C@@H](n3cnc4c(NCC(c5ccccc5)c5ccccc5)nc(C(=O)NCCN5CCCCC5)nc43)[C@H](O)[C@@H]2O)n1. The quantitative estimate of drug-likeness (QED) is 0.153. The van der Waals surface area contributed by atoms with Gasteiger partial charge >= 0.3 is 0 Å². The van der Waals surface area contributed by atoms with E-state index in [1.807, 2.05) is 43.3 Å². The van der Waals surface area contributed by atoms with Gasteiger partial charge in [-0.05, 0) is 49.2 Å². The molecule has 49 heavy (non-hydrogen) atoms. The number of nitrogens with zero attached hydrogens (tertiary/aromatic N) is 9. The second kappa shape index (κ2) is 14.7. The number of rotatable bonds is 12. The first-order valence-corrected chi connectivity index (χ1v) is 16.9. The van der Waals surface area contributed by atoms with E-state index in [0.717, 1.165) is 43.6 Å². The van der Waals surface area contributed by atoms with Crippen molar-refractivity contribution in [2.45, 2.75) is 63.2 Å². The molecule has 3 aromatic heterocycles. The molecule has 2 aliphatic heterocycles. The van der Waals surface area contributed by atoms with Gasteiger partial charge in [0.15, 0.2) is 29.3 Å². The Morgan fingerprint density at radius 2 is 1.69 bits per heavy atom. The molecule has 15 nitrogen and oxygen atoms in total. The molecule has 2 fully saturated rings. The van der Waals surface area contributed by atoms with Gasteiger partial charge in [0.25, 0.3) is 5.91 Å². The van der Waals surface area contributed by atoms with E-state index in [4.69, 9.17) is 4.74 Å². The predicted molar refractivity (Wildman–Crippen MR) is 180 cm³/mol. The Hall–Kier alpha value is -4.83. The van der Waals surface area contributed by atoms with E-state index in [-0.39, 0.29) is 23.2 Å². The van der Waals surface area contributed by atoms with E-state index in [1.165, 1.54) is 22.1 Å². The second-order valence-electron chi connectivity index (χ2n) is 12.4. The Morgan fingerprint density at radius 3 is 2.37 bits per heavy atom. The van der Waals surface area contributed by atoms with Crippen LogP contribution in [0.4, 0.5) is 5.82 Å². The van der Waals surface area contributed by atoms with Gasteiger partial charge in [0.1, 0.15) is 12.2 Å². The van der Waals surface area contributed by atoms with Gasteiger partial charge in [-0.2, -0.15) is 4.80 Å². The number of amides is 1. The molecule has 1 amide bonds. The summed E-state index contributed by atoms with van der Waals surface area (Å²) in [5.41, 5.74) is 2.87. The highest BCUT2D eigenvalue weighted by molar-refractivity contribution is 5.94. The van der Waals surface area contributed by atoms with Crippen LogP contribution in [0.1, 0.15) is 72.0 Å². The minimum absolute atomic E-state index is 0.0312. The van der Waals surface area contributed by atoms with Crippen LogP contribution in [-0.4, -0.2) is 106 Å². The number of piperidine rings is 1. The maximum atomic E-state index is 13.5. The number of aromatic nitrogens is 8. The molecular weight excluding hydrogens is 626 g/mol. The highest BCUT2D eigenvalue weighted by atomic mass is 16.6. The summed E-state index contributed by atoms with van der Waals surface area (Å²) in [6.45, 7) is 6.04. The van der Waals surface area contributed by atoms with Gasteiger partial charge in [0, 0.05) is 25.6 Å². The summed E-state index contributed by atoms with van der Waals surface area (Å²) in [7, 11) is 0. The van der Waals surface area contributed by atoms with Gasteiger partial charge in [-0.25, -0.2) is 15.0 Å². The van der Waals surface area contributed by atoms with Gasteiger partial charge < -0.3 is 30.5 Å². The predicted octanol–water partition coefficient (Wildman–Crippen LogP) is 2.28. The lowest BCUT2D eigenvalue weighted by Crippen LogP contribution is -2.38. The van der Waals surface area contributed by atoms with Crippen LogP contribution in [0.5, 0.6) is 0 Å². The van der Waals surface area contributed by atoms with Gasteiger partial charge in [0.05, 0.1) is 12.9 Å². The molecule has 4 atom stereocenters. The van der Waals surface area contributed by atoms with Crippen LogP contribution in [0.25, 0.3) is 11.2 Å². The van der Waals surface area contributed by atoms with Crippen molar-refractivity contribution in [1.29, 1.82) is 0 Å². The van der Waals surface area contributed by atoms with Crippen molar-refractivity contribution < 1.29 is 19.7 Å². The molecule has 0 radical (unpaired) electrons. The van der Waals surface area contributed by atoms with Gasteiger partial charge in [0.2, 0.25) is 11.6 Å². The van der Waals surface area contributed by atoms with Crippen molar-refractivity contribution in [1.82, 2.24) is 49.9 Å². The number of hydrogen-bond acceptors (Lipinski definition) is 12. The first kappa shape index (κ1) is 32.7. The zero-order chi connectivity index (χ0) is 33.7. The number of aliphatic hydroxyl groups excluding tert-OH is 2. The summed E-state index contributed by atoms with van der Waals surface area (Å²) in [5, 5.41) is 40.8. The maximum absolute atomic E-state index is 13.5. The molecule has 15 heteroatoms. The third kappa shape index (κ3) is 7.01. The number of carbonyl (C=O) groups excluding carboxylic acids is 1. The fourth-order valence-corrected chi connectivity index (χ4v) is 6.52. The van der Waals surface area contributed by atoms with Crippen LogP contribution in [0.2, 0.25) is 0 Å². The smallest absolute Gasteiger partial charge is 0.289 e. The van der Waals surface area contributed by atoms with Crippen molar-refractivity contribution in [2.24, 2.45) is 0 Å². The average molecular weight is 668 g/mol. The third-order valence-corrected chi connectivity index (χ3v) is 9.18. The zero-order valence-corrected chi connectivity index (χ0v) is 27.3. The fraction of sp³-hybridized carbons (Fsp3) is 0.441. The lowest BCUT2D eigenvalue weighted by Gasteiger charge is -2.26. The van der Waals surface area contributed by atoms with Crippen molar-refractivity contribution in [3.8, 4) is 0 Å². The van der Waals surface area contributed by atoms with E-state index >= 15 is 0 Å². The van der Waals surface area contributed by atoms with Crippen molar-refractivity contribution in [3.63, 3.8) is 0 Å². The van der Waals surface area contributed by atoms with Gasteiger partial charge in [-0.15, -0.1) is 10.2 Å². The molecule has 0 bridgehead atoms. The Kier molecular flexibility index (Phi) is 9.84. The number of nitrogens with one attached hydrogen (secondary N) is 2. The summed E-state index contributed by atoms with van der Waals surface area (Å²) in [4.78, 5) is 31.2. The lowest BCUT2D eigenvalue weighted by atomic mass is 9.91. The first-order valence-electron chi connectivity index (χ1n) is 16.9. The van der Waals surface area contributed by atoms with Gasteiger partial charge in [-0.1, -0.05) is 67.1 Å². The number of anilines is 1. The molecule has 4 N–H and O–H groups in total. The normalized spacial score (nSPS) is 21.4. The van der Waals surface area contributed by atoms with Crippen LogP contribution >= 0.6 is 0 Å². The zero-order valence-electron chi connectivity index (χ0n) is 27.3. The molecule has 0 unspecified atom stereocenters. The molecule has 2 aliphatic rings. The number of likely N-dealkylation sites (tertiary alicyclic amines) is 1. The van der Waals surface area contributed by atoms with E-state index in [1.54, 1.807) is 0 Å². The molecule has 7 rings (SSSR count). The summed E-state index contributed by atoms with van der Waals surface area (Å²) in [6, 6.07) is 20.3. The molecule has 5 aromatic rings. The average Bonchev–Trinajstić information content (AvgIpc) is 3.87. The summed E-state index contributed by atoms with van der Waals surface area (Å²) in [5.74, 6) is 0.00110. The van der Waals surface area contributed by atoms with Crippen molar-refractivity contribution in [3.05, 3.63) is 89.8 Å². The number of ether oxygens (including phenoxy) is 1. The van der Waals surface area contributed by atoms with E-state index in [2.05, 4.69) is 70.2 Å². The second-order valence-corrected chi connectivity index (χ2v) is 12.4. The molecule has 256 valence electrons. The number of tetrazole rings is 1. The van der Waals surface area contributed by atoms with Crippen LogP contribution in [0, 0.1) is 0 Å². The largest absolute Gasteiger partial charge is 0.387 e. The summed E-state index contributed by atoms with van der Waals surface area (Å²) in [6.07, 6.45) is 0.186. The number of fused-ring (bicyclic) bond motifs is 1. The third-order valence-electron chi connectivity index (χ3n) is 9.18. The number of aryl methyl sites for hydroxylation is 1. The Balaban J connectivity index is 1.20. The summed E-state index contributed by atoms with van der Waals surface area (Å²) < 4.78 is 7.64. The first-order chi connectivity index (χ1) is 24.0. The molecular formula is C34H41N11O4. The van der Waals surface area contributed by atoms with Crippen LogP contribution < -0.4 is 10.6 Å². The standard InChI is InChI=1S/C34H41N11O4/c1-2-45-41-30(40-42-45)28-26(46)27(47)34(49-28)44-21-37-25-29(36-20-24(22-12-6-3-7-13-22)23-14-8-4-9-15-23)38-31(39-32(25)44)33(48)35-16-19-43-17-10-5-11-18-43/h3-4,6-9,12-15,21,24,26-28,34,46-47H,2,5,10-11,16-20H2,1H3,(H,35,48)(H,36,38,39)/t26-,27+,28-,34+/m0/s1. The Labute approximate surface area is 283 Å². The Morgan fingerprint density at radius 1 is 0.980 bits per heavy atom. The fourth-order valence-electron chi connectivity index (χ4n) is 6.52. The Bertz CT molecular complexity index is 1810. The van der Waals surface area contributed by atoms with Crippen molar-refractivity contribution >= 4 is 22.9 Å². The number of benzene rings is 2. The highest BCUT2D eigenvalue weighted by Gasteiger charge is 2.47. The lowest BCUT2D eigenvalue weighted by molar-refractivity contribution is -0.0384. The summed E-state index contributed by atoms with van der Waals surface area (Å²) >= 11 is 0. The molecule has 0 spiro atoms. The number of carbonyl (C=O) groups is 1. The monoisotopic (exact) mass is 667 g/mol. The van der Waals surface area contributed by atoms with Crippen molar-refractivity contribution in [2.75, 3.05) is 38.0 Å². The molecule has 0 saturated carbocycles. The van der Waals surface area contributed by atoms with Crippen LogP contribution in [0.15, 0.2) is 67.0 Å². The number of imidazole rings is 1. The highest BCUT2D eigenvalue weighted by Crippen LogP contribution is 2.39. The molecule has 0 aliphatic carbocycles. The number of aliphatic hydroxyl groups is 2. The minimum Gasteiger partial charge on any atom is -0.387 e. The topological polar surface area (TPSA) is 181 Å². The van der Waals surface area contributed by atoms with Crippen LogP contribution in [0.3, 0.4) is 0 Å². The van der Waals surface area contributed by atoms with Gasteiger partial charge in [-0.3, -0.25) is 9.36 Å². The maximum Gasteiger partial charge on any atom is 0.289 e. The van der Waals surface area contributed by atoms with Crippen LogP contribution in [-0.2, 0) is 11.3 Å².